The van der Waals surface area contributed by atoms with Gasteiger partial charge in [0.1, 0.15) is 0 Å². The lowest BCUT2D eigenvalue weighted by molar-refractivity contribution is -0.137. The second kappa shape index (κ2) is 5.34. The number of anilines is 1. The van der Waals surface area contributed by atoms with Crippen molar-refractivity contribution in [1.29, 1.82) is 0 Å². The monoisotopic (exact) mass is 287 g/mol. The minimum atomic E-state index is -4.53. The van der Waals surface area contributed by atoms with Crippen LogP contribution in [0.5, 0.6) is 0 Å². The number of piperidine rings is 1. The van der Waals surface area contributed by atoms with Gasteiger partial charge in [-0.25, -0.2) is 4.79 Å². The molecule has 0 spiro atoms. The molecule has 2 rings (SSSR count). The molecule has 1 heterocycles. The molecule has 1 aliphatic rings. The molecule has 20 heavy (non-hydrogen) atoms. The van der Waals surface area contributed by atoms with Gasteiger partial charge in [-0.2, -0.15) is 13.2 Å². The van der Waals surface area contributed by atoms with Crippen molar-refractivity contribution >= 4 is 11.7 Å². The molecule has 1 aliphatic heterocycles. The Kier molecular flexibility index (Phi) is 3.92. The van der Waals surface area contributed by atoms with Gasteiger partial charge in [-0.3, -0.25) is 0 Å². The summed E-state index contributed by atoms with van der Waals surface area (Å²) in [6, 6.07) is 2.93. The van der Waals surface area contributed by atoms with Crippen LogP contribution in [0.3, 0.4) is 0 Å². The summed E-state index contributed by atoms with van der Waals surface area (Å²) in [5.74, 6) is -0.765. The molecule has 0 unspecified atom stereocenters. The molecular weight excluding hydrogens is 271 g/mol. The lowest BCUT2D eigenvalue weighted by Gasteiger charge is -2.33. The number of aromatic carboxylic acids is 1. The maximum atomic E-state index is 12.6. The highest BCUT2D eigenvalue weighted by Crippen LogP contribution is 2.34. The van der Waals surface area contributed by atoms with Crippen LogP contribution >= 0.6 is 0 Å². The molecule has 0 atom stereocenters. The van der Waals surface area contributed by atoms with Crippen LogP contribution in [0.4, 0.5) is 18.9 Å². The molecule has 0 aliphatic carbocycles. The van der Waals surface area contributed by atoms with E-state index < -0.39 is 17.7 Å². The third-order valence-corrected chi connectivity index (χ3v) is 3.68. The van der Waals surface area contributed by atoms with Crippen LogP contribution in [0.25, 0.3) is 0 Å². The van der Waals surface area contributed by atoms with Gasteiger partial charge in [-0.15, -0.1) is 0 Å². The Morgan fingerprint density at radius 1 is 1.30 bits per heavy atom. The lowest BCUT2D eigenvalue weighted by Crippen LogP contribution is -2.34. The van der Waals surface area contributed by atoms with E-state index in [4.69, 9.17) is 5.11 Å². The molecule has 1 saturated heterocycles. The topological polar surface area (TPSA) is 40.5 Å². The summed E-state index contributed by atoms with van der Waals surface area (Å²) in [7, 11) is 0. The van der Waals surface area contributed by atoms with E-state index in [2.05, 4.69) is 6.92 Å². The third-order valence-electron chi connectivity index (χ3n) is 3.68. The zero-order chi connectivity index (χ0) is 14.9. The molecule has 1 N–H and O–H groups in total. The summed E-state index contributed by atoms with van der Waals surface area (Å²) < 4.78 is 37.9. The fourth-order valence-electron chi connectivity index (χ4n) is 2.41. The molecule has 0 bridgehead atoms. The van der Waals surface area contributed by atoms with Crippen molar-refractivity contribution in [3.05, 3.63) is 29.3 Å². The predicted molar refractivity (Wildman–Crippen MR) is 69.0 cm³/mol. The summed E-state index contributed by atoms with van der Waals surface area (Å²) in [4.78, 5) is 13.1. The van der Waals surface area contributed by atoms with Crippen molar-refractivity contribution in [2.75, 3.05) is 18.0 Å². The number of rotatable bonds is 2. The summed E-state index contributed by atoms with van der Waals surface area (Å²) in [6.45, 7) is 3.46. The molecule has 1 aromatic carbocycles. The van der Waals surface area contributed by atoms with Crippen molar-refractivity contribution in [1.82, 2.24) is 0 Å². The number of hydrogen-bond acceptors (Lipinski definition) is 2. The Morgan fingerprint density at radius 3 is 2.40 bits per heavy atom. The van der Waals surface area contributed by atoms with Crippen LogP contribution in [-0.4, -0.2) is 24.2 Å². The first kappa shape index (κ1) is 14.7. The Labute approximate surface area is 115 Å². The van der Waals surface area contributed by atoms with Gasteiger partial charge in [-0.05, 0) is 37.0 Å². The zero-order valence-electron chi connectivity index (χ0n) is 11.1. The van der Waals surface area contributed by atoms with E-state index in [0.29, 0.717) is 24.7 Å². The van der Waals surface area contributed by atoms with E-state index >= 15 is 0 Å². The Balaban J connectivity index is 2.36. The van der Waals surface area contributed by atoms with Crippen molar-refractivity contribution in [3.8, 4) is 0 Å². The summed E-state index contributed by atoms with van der Waals surface area (Å²) >= 11 is 0. The molecule has 0 radical (unpaired) electrons. The first-order valence-electron chi connectivity index (χ1n) is 6.48. The number of benzene rings is 1. The average Bonchev–Trinajstić information content (AvgIpc) is 2.38. The smallest absolute Gasteiger partial charge is 0.416 e. The summed E-state index contributed by atoms with van der Waals surface area (Å²) in [5, 5.41) is 9.14. The fourth-order valence-corrected chi connectivity index (χ4v) is 2.41. The number of carbonyl (C=O) groups is 1. The van der Waals surface area contributed by atoms with Gasteiger partial charge >= 0.3 is 12.1 Å². The predicted octanol–water partition coefficient (Wildman–Crippen LogP) is 3.64. The first-order valence-corrected chi connectivity index (χ1v) is 6.48. The summed E-state index contributed by atoms with van der Waals surface area (Å²) in [6.07, 6.45) is -2.70. The Bertz CT molecular complexity index is 506. The third kappa shape index (κ3) is 3.05. The molecule has 0 aromatic heterocycles. The van der Waals surface area contributed by atoms with Crippen molar-refractivity contribution in [2.24, 2.45) is 5.92 Å². The van der Waals surface area contributed by atoms with Crippen LogP contribution < -0.4 is 4.90 Å². The lowest BCUT2D eigenvalue weighted by atomic mass is 9.97. The first-order chi connectivity index (χ1) is 9.29. The number of carboxylic acids is 1. The second-order valence-electron chi connectivity index (χ2n) is 5.20. The highest BCUT2D eigenvalue weighted by atomic mass is 19.4. The normalized spacial score (nSPS) is 17.3. The van der Waals surface area contributed by atoms with E-state index in [-0.39, 0.29) is 5.56 Å². The van der Waals surface area contributed by atoms with Gasteiger partial charge in [0.25, 0.3) is 0 Å². The SMILES string of the molecule is CC1CCN(c2ccc(C(F)(F)F)cc2C(=O)O)CC1. The van der Waals surface area contributed by atoms with Crippen LogP contribution in [0.1, 0.15) is 35.7 Å². The molecule has 1 aromatic rings. The maximum Gasteiger partial charge on any atom is 0.416 e. The van der Waals surface area contributed by atoms with Gasteiger partial charge < -0.3 is 10.0 Å². The number of halogens is 3. The average molecular weight is 287 g/mol. The maximum absolute atomic E-state index is 12.6. The van der Waals surface area contributed by atoms with Crippen LogP contribution in [-0.2, 0) is 6.18 Å². The van der Waals surface area contributed by atoms with Crippen molar-refractivity contribution in [2.45, 2.75) is 25.9 Å². The summed E-state index contributed by atoms with van der Waals surface area (Å²) in [5.41, 5.74) is -0.837. The fraction of sp³-hybridized carbons (Fsp3) is 0.500. The molecular formula is C14H16F3NO2. The van der Waals surface area contributed by atoms with Gasteiger partial charge in [0.2, 0.25) is 0 Å². The van der Waals surface area contributed by atoms with Crippen LogP contribution in [0, 0.1) is 5.92 Å². The molecule has 3 nitrogen and oxygen atoms in total. The van der Waals surface area contributed by atoms with E-state index in [0.717, 1.165) is 25.0 Å². The van der Waals surface area contributed by atoms with Crippen LogP contribution in [0.15, 0.2) is 18.2 Å². The van der Waals surface area contributed by atoms with Gasteiger partial charge in [0.05, 0.1) is 16.8 Å². The number of carboxylic acid groups (broad SMARTS) is 1. The molecule has 110 valence electrons. The zero-order valence-corrected chi connectivity index (χ0v) is 11.1. The van der Waals surface area contributed by atoms with Crippen molar-refractivity contribution < 1.29 is 23.1 Å². The quantitative estimate of drug-likeness (QED) is 0.902. The number of nitrogens with zero attached hydrogens (tertiary/aromatic N) is 1. The van der Waals surface area contributed by atoms with Gasteiger partial charge in [-0.1, -0.05) is 6.92 Å². The molecule has 1 fully saturated rings. The minimum absolute atomic E-state index is 0.283. The number of hydrogen-bond donors (Lipinski definition) is 1. The second-order valence-corrected chi connectivity index (χ2v) is 5.20. The van der Waals surface area contributed by atoms with Crippen molar-refractivity contribution in [3.63, 3.8) is 0 Å². The van der Waals surface area contributed by atoms with E-state index in [1.165, 1.54) is 6.07 Å². The Hall–Kier alpha value is -1.72. The number of alkyl halides is 3. The van der Waals surface area contributed by atoms with E-state index in [1.54, 1.807) is 0 Å². The highest BCUT2D eigenvalue weighted by Gasteiger charge is 2.32. The minimum Gasteiger partial charge on any atom is -0.478 e. The highest BCUT2D eigenvalue weighted by molar-refractivity contribution is 5.94. The molecule has 0 amide bonds. The Morgan fingerprint density at radius 2 is 1.90 bits per heavy atom. The van der Waals surface area contributed by atoms with E-state index in [9.17, 15) is 18.0 Å². The van der Waals surface area contributed by atoms with Crippen LogP contribution in [0.2, 0.25) is 0 Å². The molecule has 6 heteroatoms. The largest absolute Gasteiger partial charge is 0.478 e. The van der Waals surface area contributed by atoms with E-state index in [1.807, 2.05) is 4.90 Å². The van der Waals surface area contributed by atoms with Gasteiger partial charge in [0.15, 0.2) is 0 Å². The standard InChI is InChI=1S/C14H16F3NO2/c1-9-4-6-18(7-5-9)12-3-2-10(14(15,16)17)8-11(12)13(19)20/h2-3,8-9H,4-7H2,1H3,(H,19,20). The molecule has 0 saturated carbocycles. The van der Waals surface area contributed by atoms with Gasteiger partial charge in [0, 0.05) is 13.1 Å².